The van der Waals surface area contributed by atoms with Crippen molar-refractivity contribution in [2.24, 2.45) is 0 Å². The van der Waals surface area contributed by atoms with Gasteiger partial charge in [-0.15, -0.1) is 0 Å². The standard InChI is InChI=1S/C18H40NO6P.H3O4P/c1-6-8-10-12-18(13-11-9-7-2,16-19(3,4)5)25-26(22,23)24-15-17(21)14-20;1-5(2,3)4/h17,20-21H,6-16H2,1-5H3;(H3,1,2,3,4)/p+1. The molecule has 11 nitrogen and oxygen atoms in total. The Bertz CT molecular complexity index is 532. The van der Waals surface area contributed by atoms with E-state index in [9.17, 15) is 14.6 Å². The lowest BCUT2D eigenvalue weighted by atomic mass is 9.89. The minimum Gasteiger partial charge on any atom is -0.394 e. The van der Waals surface area contributed by atoms with E-state index in [0.29, 0.717) is 23.9 Å². The predicted octanol–water partition coefficient (Wildman–Crippen LogP) is 2.15. The molecule has 2 unspecified atom stereocenters. The van der Waals surface area contributed by atoms with Gasteiger partial charge in [0.1, 0.15) is 18.2 Å². The molecular formula is C18H44NO10P2+. The number of hydrogen-bond acceptors (Lipinski definition) is 6. The molecule has 0 aliphatic carbocycles. The molecule has 2 atom stereocenters. The number of unbranched alkanes of at least 4 members (excludes halogenated alkanes) is 4. The molecule has 13 heteroatoms. The minimum absolute atomic E-state index is 0.436. The van der Waals surface area contributed by atoms with Crippen molar-refractivity contribution in [3.8, 4) is 0 Å². The summed E-state index contributed by atoms with van der Waals surface area (Å²) in [5.41, 5.74) is -0.753. The van der Waals surface area contributed by atoms with Crippen LogP contribution in [0.25, 0.3) is 0 Å². The van der Waals surface area contributed by atoms with Crippen LogP contribution in [0.1, 0.15) is 65.2 Å². The van der Waals surface area contributed by atoms with Crippen molar-refractivity contribution in [1.29, 1.82) is 0 Å². The second-order valence-electron chi connectivity index (χ2n) is 8.75. The summed E-state index contributed by atoms with van der Waals surface area (Å²) in [4.78, 5) is 31.8. The van der Waals surface area contributed by atoms with Gasteiger partial charge in [-0.1, -0.05) is 52.4 Å². The van der Waals surface area contributed by atoms with Crippen molar-refractivity contribution in [2.45, 2.75) is 76.9 Å². The molecule has 0 fully saturated rings. The van der Waals surface area contributed by atoms with Crippen molar-refractivity contribution < 1.29 is 52.4 Å². The van der Waals surface area contributed by atoms with E-state index in [4.69, 9.17) is 33.4 Å². The Morgan fingerprint density at radius 3 is 1.65 bits per heavy atom. The average molecular weight is 496 g/mol. The summed E-state index contributed by atoms with van der Waals surface area (Å²) < 4.78 is 32.7. The molecule has 31 heavy (non-hydrogen) atoms. The summed E-state index contributed by atoms with van der Waals surface area (Å²) in [5, 5.41) is 18.2. The fraction of sp³-hybridized carbons (Fsp3) is 1.00. The SMILES string of the molecule is CCCCCC(CCCCC)(C[N+](C)(C)C)OP(=O)(O)OCC(O)CO.O=P(O)(O)O. The third-order valence-corrected chi connectivity index (χ3v) is 5.28. The van der Waals surface area contributed by atoms with Gasteiger partial charge in [-0.2, -0.15) is 0 Å². The van der Waals surface area contributed by atoms with Crippen LogP contribution in [0.4, 0.5) is 0 Å². The molecule has 0 rings (SSSR count). The van der Waals surface area contributed by atoms with E-state index in [0.717, 1.165) is 38.5 Å². The maximum absolute atomic E-state index is 12.5. The topological polar surface area (TPSA) is 174 Å². The number of hydrogen-bond donors (Lipinski definition) is 6. The highest BCUT2D eigenvalue weighted by Gasteiger charge is 2.43. The normalized spacial score (nSPS) is 15.7. The molecule has 0 spiro atoms. The van der Waals surface area contributed by atoms with Gasteiger partial charge in [-0.25, -0.2) is 9.13 Å². The molecule has 0 heterocycles. The van der Waals surface area contributed by atoms with Gasteiger partial charge < -0.3 is 34.3 Å². The van der Waals surface area contributed by atoms with Gasteiger partial charge in [0, 0.05) is 0 Å². The van der Waals surface area contributed by atoms with E-state index >= 15 is 0 Å². The molecule has 0 aliphatic rings. The molecule has 0 bridgehead atoms. The Balaban J connectivity index is 0. The summed E-state index contributed by atoms with van der Waals surface area (Å²) in [6, 6.07) is 0. The summed E-state index contributed by atoms with van der Waals surface area (Å²) in [5.74, 6) is 0. The van der Waals surface area contributed by atoms with Crippen LogP contribution in [0, 0.1) is 0 Å². The first-order valence-corrected chi connectivity index (χ1v) is 13.6. The number of phosphoric acid groups is 2. The molecular weight excluding hydrogens is 452 g/mol. The molecule has 0 aliphatic heterocycles. The summed E-state index contributed by atoms with van der Waals surface area (Å²) in [6.45, 7) is 3.87. The Kier molecular flexibility index (Phi) is 17.0. The maximum atomic E-state index is 12.5. The quantitative estimate of drug-likeness (QED) is 0.106. The fourth-order valence-electron chi connectivity index (χ4n) is 3.17. The zero-order valence-electron chi connectivity index (χ0n) is 19.5. The first kappa shape index (κ1) is 33.3. The highest BCUT2D eigenvalue weighted by atomic mass is 31.2. The zero-order valence-corrected chi connectivity index (χ0v) is 21.3. The second kappa shape index (κ2) is 15.9. The van der Waals surface area contributed by atoms with Crippen molar-refractivity contribution in [1.82, 2.24) is 0 Å². The van der Waals surface area contributed by atoms with Crippen molar-refractivity contribution >= 4 is 15.6 Å². The number of nitrogens with zero attached hydrogens (tertiary/aromatic N) is 1. The number of phosphoric ester groups is 1. The van der Waals surface area contributed by atoms with Crippen LogP contribution in [-0.4, -0.2) is 86.9 Å². The number of aliphatic hydroxyl groups is 2. The van der Waals surface area contributed by atoms with E-state index in [-0.39, 0.29) is 0 Å². The van der Waals surface area contributed by atoms with Gasteiger partial charge in [0.05, 0.1) is 34.4 Å². The Morgan fingerprint density at radius 2 is 1.32 bits per heavy atom. The van der Waals surface area contributed by atoms with Gasteiger partial charge in [-0.05, 0) is 12.8 Å². The lowest BCUT2D eigenvalue weighted by Crippen LogP contribution is -2.50. The number of aliphatic hydroxyl groups excluding tert-OH is 2. The Morgan fingerprint density at radius 1 is 0.903 bits per heavy atom. The van der Waals surface area contributed by atoms with Gasteiger partial charge in [-0.3, -0.25) is 9.05 Å². The van der Waals surface area contributed by atoms with Crippen LogP contribution in [0.5, 0.6) is 0 Å². The van der Waals surface area contributed by atoms with E-state index in [1.165, 1.54) is 0 Å². The highest BCUT2D eigenvalue weighted by molar-refractivity contribution is 7.47. The molecule has 0 aromatic carbocycles. The first-order valence-electron chi connectivity index (χ1n) is 10.5. The average Bonchev–Trinajstić information content (AvgIpc) is 2.57. The van der Waals surface area contributed by atoms with Crippen LogP contribution >= 0.6 is 15.6 Å². The van der Waals surface area contributed by atoms with Crippen molar-refractivity contribution in [3.63, 3.8) is 0 Å². The van der Waals surface area contributed by atoms with E-state index in [1.807, 2.05) is 21.1 Å². The fourth-order valence-corrected chi connectivity index (χ4v) is 4.31. The van der Waals surface area contributed by atoms with Crippen LogP contribution in [0.15, 0.2) is 0 Å². The van der Waals surface area contributed by atoms with Gasteiger partial charge in [0.25, 0.3) is 0 Å². The van der Waals surface area contributed by atoms with Crippen LogP contribution < -0.4 is 0 Å². The van der Waals surface area contributed by atoms with E-state index in [1.54, 1.807) is 0 Å². The van der Waals surface area contributed by atoms with Crippen molar-refractivity contribution in [3.05, 3.63) is 0 Å². The van der Waals surface area contributed by atoms with E-state index in [2.05, 4.69) is 13.8 Å². The Labute approximate surface area is 186 Å². The summed E-state index contributed by atoms with van der Waals surface area (Å²) in [6.07, 6.45) is 6.21. The van der Waals surface area contributed by atoms with Gasteiger partial charge in [0.15, 0.2) is 0 Å². The number of rotatable bonds is 16. The monoisotopic (exact) mass is 496 g/mol. The third-order valence-electron chi connectivity index (χ3n) is 4.18. The van der Waals surface area contributed by atoms with Gasteiger partial charge >= 0.3 is 15.6 Å². The third kappa shape index (κ3) is 23.1. The summed E-state index contributed by atoms with van der Waals surface area (Å²) in [7, 11) is -2.87. The second-order valence-corrected chi connectivity index (χ2v) is 11.2. The molecule has 0 saturated carbocycles. The molecule has 0 amide bonds. The smallest absolute Gasteiger partial charge is 0.394 e. The highest BCUT2D eigenvalue weighted by Crippen LogP contribution is 2.50. The van der Waals surface area contributed by atoms with Crippen LogP contribution in [0.3, 0.4) is 0 Å². The van der Waals surface area contributed by atoms with Crippen LogP contribution in [0.2, 0.25) is 0 Å². The summed E-state index contributed by atoms with van der Waals surface area (Å²) >= 11 is 0. The molecule has 0 saturated heterocycles. The van der Waals surface area contributed by atoms with Crippen LogP contribution in [-0.2, 0) is 18.2 Å². The number of likely N-dealkylation sites (N-methyl/N-ethyl adjacent to an activating group) is 1. The van der Waals surface area contributed by atoms with Crippen molar-refractivity contribution in [2.75, 3.05) is 40.9 Å². The maximum Gasteiger partial charge on any atom is 0.473 e. The first-order chi connectivity index (χ1) is 14.0. The molecule has 190 valence electrons. The Hall–Kier alpha value is 0.1000. The number of quaternary nitrogens is 1. The minimum atomic E-state index is -4.64. The zero-order chi connectivity index (χ0) is 24.8. The lowest BCUT2D eigenvalue weighted by molar-refractivity contribution is -0.876. The van der Waals surface area contributed by atoms with E-state index < -0.39 is 40.6 Å². The lowest BCUT2D eigenvalue weighted by Gasteiger charge is -2.40. The molecule has 0 aromatic rings. The largest absolute Gasteiger partial charge is 0.473 e. The molecule has 0 radical (unpaired) electrons. The predicted molar refractivity (Wildman–Crippen MR) is 118 cm³/mol. The molecule has 0 aromatic heterocycles. The molecule has 6 N–H and O–H groups in total. The van der Waals surface area contributed by atoms with Gasteiger partial charge in [0.2, 0.25) is 0 Å².